The molecule has 0 bridgehead atoms. The molecule has 0 atom stereocenters. The Bertz CT molecular complexity index is 1190. The van der Waals surface area contributed by atoms with Crippen molar-refractivity contribution in [3.63, 3.8) is 0 Å². The number of tetrazole rings is 1. The second-order valence-electron chi connectivity index (χ2n) is 6.80. The van der Waals surface area contributed by atoms with Gasteiger partial charge in [0.1, 0.15) is 12.4 Å². The van der Waals surface area contributed by atoms with E-state index in [4.69, 9.17) is 4.74 Å². The number of aryl methyl sites for hydroxylation is 3. The monoisotopic (exact) mass is 390 g/mol. The Morgan fingerprint density at radius 1 is 1.14 bits per heavy atom. The maximum absolute atomic E-state index is 12.4. The molecule has 0 saturated carbocycles. The standard InChI is InChI=1S/C21H22N6O2/c1-4-15-6-5-7-19(27-21(28)26(3)24-25-27)17(15)13-29-20-9-8-16(12-14(20)2)18-10-11-22-23-18/h5-12H,4,13H2,1-3H3,(H,22,23). The fourth-order valence-corrected chi connectivity index (χ4v) is 3.33. The molecule has 0 saturated heterocycles. The number of rotatable bonds is 6. The van der Waals surface area contributed by atoms with E-state index in [9.17, 15) is 4.79 Å². The van der Waals surface area contributed by atoms with Crippen molar-refractivity contribution in [3.05, 3.63) is 75.8 Å². The van der Waals surface area contributed by atoms with E-state index in [1.807, 2.05) is 43.3 Å². The fourth-order valence-electron chi connectivity index (χ4n) is 3.33. The van der Waals surface area contributed by atoms with Crippen LogP contribution in [-0.2, 0) is 20.1 Å². The summed E-state index contributed by atoms with van der Waals surface area (Å²) in [5.74, 6) is 0.789. The van der Waals surface area contributed by atoms with Gasteiger partial charge in [0.15, 0.2) is 0 Å². The van der Waals surface area contributed by atoms with Gasteiger partial charge in [0.05, 0.1) is 11.4 Å². The zero-order valence-corrected chi connectivity index (χ0v) is 16.6. The Balaban J connectivity index is 1.65. The van der Waals surface area contributed by atoms with Crippen LogP contribution in [0.5, 0.6) is 5.75 Å². The van der Waals surface area contributed by atoms with Crippen molar-refractivity contribution in [2.24, 2.45) is 7.05 Å². The second kappa shape index (κ2) is 7.75. The van der Waals surface area contributed by atoms with Crippen LogP contribution in [0.4, 0.5) is 0 Å². The SMILES string of the molecule is CCc1cccc(-n2nnn(C)c2=O)c1COc1ccc(-c2ccn[nH]2)cc1C. The van der Waals surface area contributed by atoms with E-state index in [0.717, 1.165) is 40.1 Å². The summed E-state index contributed by atoms with van der Waals surface area (Å²) in [6.45, 7) is 4.41. The van der Waals surface area contributed by atoms with Crippen LogP contribution in [0.2, 0.25) is 0 Å². The zero-order chi connectivity index (χ0) is 20.4. The van der Waals surface area contributed by atoms with Crippen molar-refractivity contribution >= 4 is 0 Å². The molecule has 8 nitrogen and oxygen atoms in total. The molecular formula is C21H22N6O2. The summed E-state index contributed by atoms with van der Waals surface area (Å²) in [7, 11) is 1.58. The average molecular weight is 390 g/mol. The zero-order valence-electron chi connectivity index (χ0n) is 16.6. The number of benzene rings is 2. The van der Waals surface area contributed by atoms with Gasteiger partial charge >= 0.3 is 5.69 Å². The molecular weight excluding hydrogens is 368 g/mol. The molecule has 8 heteroatoms. The van der Waals surface area contributed by atoms with Crippen LogP contribution in [0.25, 0.3) is 16.9 Å². The topological polar surface area (TPSA) is 90.6 Å². The van der Waals surface area contributed by atoms with Crippen molar-refractivity contribution < 1.29 is 4.74 Å². The lowest BCUT2D eigenvalue weighted by Crippen LogP contribution is -2.23. The number of hydrogen-bond donors (Lipinski definition) is 1. The van der Waals surface area contributed by atoms with E-state index in [-0.39, 0.29) is 5.69 Å². The van der Waals surface area contributed by atoms with Gasteiger partial charge < -0.3 is 4.74 Å². The maximum Gasteiger partial charge on any atom is 0.368 e. The number of H-pyrrole nitrogens is 1. The molecule has 0 unspecified atom stereocenters. The van der Waals surface area contributed by atoms with Gasteiger partial charge in [-0.3, -0.25) is 5.10 Å². The van der Waals surface area contributed by atoms with Gasteiger partial charge in [-0.15, -0.1) is 0 Å². The fraction of sp³-hybridized carbons (Fsp3) is 0.238. The smallest absolute Gasteiger partial charge is 0.368 e. The molecule has 4 rings (SSSR count). The Morgan fingerprint density at radius 3 is 2.66 bits per heavy atom. The van der Waals surface area contributed by atoms with E-state index in [1.165, 1.54) is 9.36 Å². The van der Waals surface area contributed by atoms with Gasteiger partial charge in [0.2, 0.25) is 0 Å². The van der Waals surface area contributed by atoms with Crippen molar-refractivity contribution in [1.82, 2.24) is 30.0 Å². The van der Waals surface area contributed by atoms with Gasteiger partial charge in [-0.2, -0.15) is 14.5 Å². The van der Waals surface area contributed by atoms with Crippen LogP contribution in [0.1, 0.15) is 23.6 Å². The van der Waals surface area contributed by atoms with Crippen LogP contribution in [0.15, 0.2) is 53.5 Å². The minimum absolute atomic E-state index is 0.292. The third-order valence-electron chi connectivity index (χ3n) is 4.94. The highest BCUT2D eigenvalue weighted by Crippen LogP contribution is 2.27. The third kappa shape index (κ3) is 3.56. The maximum atomic E-state index is 12.4. The van der Waals surface area contributed by atoms with Crippen molar-refractivity contribution in [1.29, 1.82) is 0 Å². The van der Waals surface area contributed by atoms with Gasteiger partial charge in [-0.1, -0.05) is 19.1 Å². The van der Waals surface area contributed by atoms with Crippen LogP contribution in [0, 0.1) is 6.92 Å². The van der Waals surface area contributed by atoms with Crippen LogP contribution < -0.4 is 10.4 Å². The number of nitrogens with one attached hydrogen (secondary N) is 1. The molecule has 0 amide bonds. The van der Waals surface area contributed by atoms with Crippen molar-refractivity contribution in [2.75, 3.05) is 0 Å². The molecule has 0 aliphatic rings. The van der Waals surface area contributed by atoms with Gasteiger partial charge in [0, 0.05) is 24.4 Å². The molecule has 2 aromatic carbocycles. The van der Waals surface area contributed by atoms with E-state index in [0.29, 0.717) is 12.3 Å². The first-order valence-electron chi connectivity index (χ1n) is 9.42. The second-order valence-corrected chi connectivity index (χ2v) is 6.80. The lowest BCUT2D eigenvalue weighted by atomic mass is 10.0. The number of aromatic amines is 1. The predicted molar refractivity (Wildman–Crippen MR) is 109 cm³/mol. The predicted octanol–water partition coefficient (Wildman–Crippen LogP) is 2.81. The first-order chi connectivity index (χ1) is 14.1. The molecule has 0 aliphatic carbocycles. The Hall–Kier alpha value is -3.68. The Kier molecular flexibility index (Phi) is 4.99. The molecule has 0 spiro atoms. The number of nitrogens with zero attached hydrogens (tertiary/aromatic N) is 5. The Labute approximate surface area is 167 Å². The number of ether oxygens (including phenoxy) is 1. The summed E-state index contributed by atoms with van der Waals surface area (Å²) in [6.07, 6.45) is 2.55. The van der Waals surface area contributed by atoms with Gasteiger partial charge in [-0.05, 0) is 65.2 Å². The van der Waals surface area contributed by atoms with E-state index in [2.05, 4.69) is 33.6 Å². The summed E-state index contributed by atoms with van der Waals surface area (Å²) in [6, 6.07) is 13.8. The Morgan fingerprint density at radius 2 is 2.00 bits per heavy atom. The summed E-state index contributed by atoms with van der Waals surface area (Å²) in [4.78, 5) is 12.4. The minimum atomic E-state index is -0.292. The van der Waals surface area contributed by atoms with E-state index < -0.39 is 0 Å². The van der Waals surface area contributed by atoms with Gasteiger partial charge in [-0.25, -0.2) is 4.79 Å². The van der Waals surface area contributed by atoms with Gasteiger partial charge in [0.25, 0.3) is 0 Å². The van der Waals surface area contributed by atoms with Crippen molar-refractivity contribution in [3.8, 4) is 22.7 Å². The minimum Gasteiger partial charge on any atom is -0.489 e. The van der Waals surface area contributed by atoms with Crippen molar-refractivity contribution in [2.45, 2.75) is 26.9 Å². The molecule has 0 aliphatic heterocycles. The lowest BCUT2D eigenvalue weighted by Gasteiger charge is -2.15. The first kappa shape index (κ1) is 18.7. The van der Waals surface area contributed by atoms with E-state index >= 15 is 0 Å². The quantitative estimate of drug-likeness (QED) is 0.547. The lowest BCUT2D eigenvalue weighted by molar-refractivity contribution is 0.302. The van der Waals surface area contributed by atoms with Crippen LogP contribution >= 0.6 is 0 Å². The summed E-state index contributed by atoms with van der Waals surface area (Å²) < 4.78 is 8.67. The molecule has 148 valence electrons. The molecule has 1 N–H and O–H groups in total. The summed E-state index contributed by atoms with van der Waals surface area (Å²) in [5, 5.41) is 14.8. The first-order valence-corrected chi connectivity index (χ1v) is 9.42. The molecule has 29 heavy (non-hydrogen) atoms. The molecule has 0 fully saturated rings. The molecule has 2 heterocycles. The highest BCUT2D eigenvalue weighted by Gasteiger charge is 2.15. The summed E-state index contributed by atoms with van der Waals surface area (Å²) in [5.41, 5.74) is 5.45. The number of hydrogen-bond acceptors (Lipinski definition) is 5. The third-order valence-corrected chi connectivity index (χ3v) is 4.94. The van der Waals surface area contributed by atoms with E-state index in [1.54, 1.807) is 13.2 Å². The molecule has 0 radical (unpaired) electrons. The largest absolute Gasteiger partial charge is 0.489 e. The molecule has 4 aromatic rings. The molecule has 2 aromatic heterocycles. The highest BCUT2D eigenvalue weighted by atomic mass is 16.5. The van der Waals surface area contributed by atoms with Crippen LogP contribution in [0.3, 0.4) is 0 Å². The van der Waals surface area contributed by atoms with Crippen LogP contribution in [-0.4, -0.2) is 30.0 Å². The summed E-state index contributed by atoms with van der Waals surface area (Å²) >= 11 is 0. The average Bonchev–Trinajstić information content (AvgIpc) is 3.38. The number of aromatic nitrogens is 6. The normalized spacial score (nSPS) is 11.0. The highest BCUT2D eigenvalue weighted by molar-refractivity contribution is 5.61.